The van der Waals surface area contributed by atoms with Crippen LogP contribution in [-0.2, 0) is 0 Å². The van der Waals surface area contributed by atoms with Crippen LogP contribution < -0.4 is 10.1 Å². The van der Waals surface area contributed by atoms with Crippen LogP contribution >= 0.6 is 0 Å². The number of ether oxygens (including phenoxy) is 1. The van der Waals surface area contributed by atoms with E-state index in [0.717, 1.165) is 50.1 Å². The van der Waals surface area contributed by atoms with Crippen molar-refractivity contribution < 1.29 is 4.74 Å². The van der Waals surface area contributed by atoms with Crippen LogP contribution in [0.25, 0.3) is 0 Å². The van der Waals surface area contributed by atoms with Crippen molar-refractivity contribution in [1.29, 1.82) is 0 Å². The van der Waals surface area contributed by atoms with Crippen molar-refractivity contribution in [2.24, 2.45) is 10.9 Å². The molecule has 5 heteroatoms. The third-order valence-corrected chi connectivity index (χ3v) is 5.99. The van der Waals surface area contributed by atoms with E-state index in [9.17, 15) is 0 Å². The minimum atomic E-state index is 0.311. The Hall–Kier alpha value is -1.75. The molecule has 0 spiro atoms. The van der Waals surface area contributed by atoms with Gasteiger partial charge in [-0.3, -0.25) is 4.99 Å². The lowest BCUT2D eigenvalue weighted by Crippen LogP contribution is -2.48. The number of benzene rings is 1. The molecule has 2 aliphatic rings. The number of hydrogen-bond acceptors (Lipinski definition) is 3. The number of nitrogens with zero attached hydrogens (tertiary/aromatic N) is 3. The highest BCUT2D eigenvalue weighted by Gasteiger charge is 2.23. The van der Waals surface area contributed by atoms with Crippen LogP contribution in [0, 0.1) is 5.92 Å². The molecular weight excluding hydrogens is 336 g/mol. The molecule has 3 rings (SSSR count). The molecule has 150 valence electrons. The fourth-order valence-corrected chi connectivity index (χ4v) is 4.19. The fraction of sp³-hybridized carbons (Fsp3) is 0.682. The van der Waals surface area contributed by atoms with E-state index in [0.29, 0.717) is 6.10 Å². The summed E-state index contributed by atoms with van der Waals surface area (Å²) >= 11 is 0. The van der Waals surface area contributed by atoms with E-state index in [-0.39, 0.29) is 0 Å². The lowest BCUT2D eigenvalue weighted by Gasteiger charge is -2.35. The Bertz CT molecular complexity index is 561. The van der Waals surface area contributed by atoms with Gasteiger partial charge in [0.2, 0.25) is 0 Å². The zero-order valence-corrected chi connectivity index (χ0v) is 17.1. The van der Waals surface area contributed by atoms with Crippen molar-refractivity contribution in [3.8, 4) is 5.75 Å². The van der Waals surface area contributed by atoms with Crippen LogP contribution in [0.4, 0.5) is 0 Å². The highest BCUT2D eigenvalue weighted by molar-refractivity contribution is 5.79. The van der Waals surface area contributed by atoms with Gasteiger partial charge in [0.25, 0.3) is 0 Å². The third-order valence-electron chi connectivity index (χ3n) is 5.99. The summed E-state index contributed by atoms with van der Waals surface area (Å²) in [5, 5.41) is 3.60. The Labute approximate surface area is 164 Å². The van der Waals surface area contributed by atoms with E-state index < -0.39 is 0 Å². The Balaban J connectivity index is 1.35. The van der Waals surface area contributed by atoms with Gasteiger partial charge in [-0.25, -0.2) is 0 Å². The number of guanidine groups is 1. The number of rotatable bonds is 6. The van der Waals surface area contributed by atoms with E-state index in [2.05, 4.69) is 27.0 Å². The van der Waals surface area contributed by atoms with Gasteiger partial charge in [-0.15, -0.1) is 0 Å². The number of likely N-dealkylation sites (tertiary alicyclic amines) is 2. The maximum atomic E-state index is 6.10. The molecule has 2 fully saturated rings. The van der Waals surface area contributed by atoms with Gasteiger partial charge in [0.15, 0.2) is 5.96 Å². The second kappa shape index (κ2) is 10.5. The normalized spacial score (nSPS) is 20.7. The Morgan fingerprint density at radius 3 is 2.41 bits per heavy atom. The highest BCUT2D eigenvalue weighted by Crippen LogP contribution is 2.20. The van der Waals surface area contributed by atoms with E-state index >= 15 is 0 Å². The van der Waals surface area contributed by atoms with Crippen LogP contribution in [0.15, 0.2) is 35.3 Å². The summed E-state index contributed by atoms with van der Waals surface area (Å²) in [6.07, 6.45) is 6.35. The monoisotopic (exact) mass is 372 g/mol. The van der Waals surface area contributed by atoms with Crippen molar-refractivity contribution >= 4 is 5.96 Å². The van der Waals surface area contributed by atoms with E-state index in [1.165, 1.54) is 38.9 Å². The zero-order chi connectivity index (χ0) is 18.9. The smallest absolute Gasteiger partial charge is 0.193 e. The number of para-hydroxylation sites is 1. The molecule has 1 aromatic carbocycles. The molecule has 0 aliphatic carbocycles. The van der Waals surface area contributed by atoms with Gasteiger partial charge >= 0.3 is 0 Å². The van der Waals surface area contributed by atoms with Crippen LogP contribution in [0.3, 0.4) is 0 Å². The Morgan fingerprint density at radius 1 is 1.07 bits per heavy atom. The second-order valence-electron chi connectivity index (χ2n) is 7.76. The first-order valence-electron chi connectivity index (χ1n) is 10.7. The van der Waals surface area contributed by atoms with Crippen molar-refractivity contribution in [3.63, 3.8) is 0 Å². The molecule has 0 atom stereocenters. The maximum Gasteiger partial charge on any atom is 0.193 e. The predicted octanol–water partition coefficient (Wildman–Crippen LogP) is 3.23. The summed E-state index contributed by atoms with van der Waals surface area (Å²) < 4.78 is 6.10. The molecule has 0 radical (unpaired) electrons. The summed E-state index contributed by atoms with van der Waals surface area (Å²) in [7, 11) is 1.90. The van der Waals surface area contributed by atoms with Crippen molar-refractivity contribution in [2.45, 2.75) is 45.1 Å². The van der Waals surface area contributed by atoms with E-state index in [1.54, 1.807) is 0 Å². The third kappa shape index (κ3) is 6.13. The number of nitrogens with one attached hydrogen (secondary N) is 1. The number of piperidine rings is 2. The second-order valence-corrected chi connectivity index (χ2v) is 7.76. The maximum absolute atomic E-state index is 6.10. The summed E-state index contributed by atoms with van der Waals surface area (Å²) in [6.45, 7) is 9.04. The largest absolute Gasteiger partial charge is 0.490 e. The molecule has 2 saturated heterocycles. The van der Waals surface area contributed by atoms with Gasteiger partial charge in [0.05, 0.1) is 0 Å². The molecular formula is C22H36N4O. The van der Waals surface area contributed by atoms with Crippen LogP contribution in [-0.4, -0.2) is 68.2 Å². The molecule has 1 aromatic rings. The average Bonchev–Trinajstić information content (AvgIpc) is 2.73. The van der Waals surface area contributed by atoms with Gasteiger partial charge in [-0.1, -0.05) is 25.1 Å². The van der Waals surface area contributed by atoms with Gasteiger partial charge in [0.1, 0.15) is 11.9 Å². The quantitative estimate of drug-likeness (QED) is 0.615. The number of aliphatic imine (C=N–C) groups is 1. The van der Waals surface area contributed by atoms with Crippen LogP contribution in [0.2, 0.25) is 0 Å². The van der Waals surface area contributed by atoms with Gasteiger partial charge < -0.3 is 19.9 Å². The lowest BCUT2D eigenvalue weighted by molar-refractivity contribution is 0.129. The molecule has 0 aromatic heterocycles. The summed E-state index contributed by atoms with van der Waals surface area (Å²) in [4.78, 5) is 9.45. The van der Waals surface area contributed by atoms with Gasteiger partial charge in [0, 0.05) is 39.5 Å². The molecule has 0 amide bonds. The van der Waals surface area contributed by atoms with Crippen molar-refractivity contribution in [2.75, 3.05) is 46.3 Å². The zero-order valence-electron chi connectivity index (χ0n) is 17.1. The standard InChI is InChI=1S/C22H36N4O/c1-3-25-15-10-19(11-16-25)9-14-24-22(23-2)26-17-12-21(13-18-26)27-20-7-5-4-6-8-20/h4-8,19,21H,3,9-18H2,1-2H3,(H,23,24). The predicted molar refractivity (Wildman–Crippen MR) is 112 cm³/mol. The van der Waals surface area contributed by atoms with Gasteiger partial charge in [-0.2, -0.15) is 0 Å². The summed E-state index contributed by atoms with van der Waals surface area (Å²) in [6, 6.07) is 10.2. The summed E-state index contributed by atoms with van der Waals surface area (Å²) in [5.74, 6) is 2.90. The minimum Gasteiger partial charge on any atom is -0.490 e. The summed E-state index contributed by atoms with van der Waals surface area (Å²) in [5.41, 5.74) is 0. The average molecular weight is 373 g/mol. The van der Waals surface area contributed by atoms with Crippen LogP contribution in [0.1, 0.15) is 39.0 Å². The fourth-order valence-electron chi connectivity index (χ4n) is 4.19. The van der Waals surface area contributed by atoms with Crippen molar-refractivity contribution in [1.82, 2.24) is 15.1 Å². The van der Waals surface area contributed by atoms with E-state index in [1.807, 2.05) is 37.4 Å². The Kier molecular flexibility index (Phi) is 7.81. The molecule has 0 unspecified atom stereocenters. The first-order chi connectivity index (χ1) is 13.3. The first-order valence-corrected chi connectivity index (χ1v) is 10.7. The molecule has 27 heavy (non-hydrogen) atoms. The van der Waals surface area contributed by atoms with Crippen LogP contribution in [0.5, 0.6) is 5.75 Å². The highest BCUT2D eigenvalue weighted by atomic mass is 16.5. The minimum absolute atomic E-state index is 0.311. The molecule has 1 N–H and O–H groups in total. The topological polar surface area (TPSA) is 40.1 Å². The lowest BCUT2D eigenvalue weighted by atomic mass is 9.93. The number of hydrogen-bond donors (Lipinski definition) is 1. The first kappa shape index (κ1) is 20.0. The Morgan fingerprint density at radius 2 is 1.78 bits per heavy atom. The molecule has 5 nitrogen and oxygen atoms in total. The van der Waals surface area contributed by atoms with Crippen molar-refractivity contribution in [3.05, 3.63) is 30.3 Å². The molecule has 2 aliphatic heterocycles. The van der Waals surface area contributed by atoms with E-state index in [4.69, 9.17) is 4.74 Å². The SMILES string of the molecule is CCN1CCC(CCNC(=NC)N2CCC(Oc3ccccc3)CC2)CC1. The van der Waals surface area contributed by atoms with Gasteiger partial charge in [-0.05, 0) is 56.9 Å². The molecule has 2 heterocycles. The molecule has 0 bridgehead atoms. The molecule has 0 saturated carbocycles.